The molecule has 0 radical (unpaired) electrons. The summed E-state index contributed by atoms with van der Waals surface area (Å²) in [5.41, 5.74) is 5.95. The Morgan fingerprint density at radius 3 is 2.07 bits per heavy atom. The molecule has 1 aliphatic rings. The van der Waals surface area contributed by atoms with Gasteiger partial charge in [-0.15, -0.1) is 0 Å². The number of halogens is 3. The van der Waals surface area contributed by atoms with Crippen molar-refractivity contribution in [2.75, 3.05) is 24.6 Å². The second-order valence-electron chi connectivity index (χ2n) is 6.05. The maximum Gasteiger partial charge on any atom is 0.490 e. The minimum Gasteiger partial charge on any atom is -0.481 e. The number of hydrogen-bond acceptors (Lipinski definition) is 5. The van der Waals surface area contributed by atoms with Crippen LogP contribution >= 0.6 is 11.8 Å². The predicted octanol–water partition coefficient (Wildman–Crippen LogP) is 2.34. The first-order valence-electron chi connectivity index (χ1n) is 8.69. The number of aliphatic carboxylic acids is 2. The number of rotatable bonds is 9. The lowest BCUT2D eigenvalue weighted by Crippen LogP contribution is -2.46. The minimum atomic E-state index is -5.08. The molecule has 0 saturated carbocycles. The van der Waals surface area contributed by atoms with Crippen molar-refractivity contribution in [2.24, 2.45) is 5.73 Å². The summed E-state index contributed by atoms with van der Waals surface area (Å²) in [6, 6.07) is -0.375. The number of carboxylic acid groups (broad SMARTS) is 2. The summed E-state index contributed by atoms with van der Waals surface area (Å²) in [5.74, 6) is -1.58. The van der Waals surface area contributed by atoms with Gasteiger partial charge in [0, 0.05) is 19.5 Å². The molecule has 1 amide bonds. The van der Waals surface area contributed by atoms with Crippen LogP contribution in [-0.4, -0.2) is 69.8 Å². The van der Waals surface area contributed by atoms with E-state index in [4.69, 9.17) is 20.7 Å². The number of alkyl halides is 3. The lowest BCUT2D eigenvalue weighted by Gasteiger charge is -2.29. The van der Waals surface area contributed by atoms with Crippen LogP contribution in [0.5, 0.6) is 0 Å². The van der Waals surface area contributed by atoms with Gasteiger partial charge < -0.3 is 20.8 Å². The van der Waals surface area contributed by atoms with E-state index in [2.05, 4.69) is 0 Å². The highest BCUT2D eigenvalue weighted by atomic mass is 32.2. The van der Waals surface area contributed by atoms with Gasteiger partial charge in [0.15, 0.2) is 0 Å². The van der Waals surface area contributed by atoms with Crippen LogP contribution in [0, 0.1) is 0 Å². The molecule has 1 rings (SSSR count). The van der Waals surface area contributed by atoms with E-state index in [1.807, 2.05) is 4.90 Å². The van der Waals surface area contributed by atoms with Crippen molar-refractivity contribution in [3.8, 4) is 0 Å². The third-order valence-corrected chi connectivity index (χ3v) is 4.83. The van der Waals surface area contributed by atoms with E-state index in [0.29, 0.717) is 6.42 Å². The van der Waals surface area contributed by atoms with E-state index < -0.39 is 18.1 Å². The predicted molar refractivity (Wildman–Crippen MR) is 95.5 cm³/mol. The van der Waals surface area contributed by atoms with E-state index in [0.717, 1.165) is 50.3 Å². The van der Waals surface area contributed by atoms with Gasteiger partial charge >= 0.3 is 18.1 Å². The number of hydrogen-bond donors (Lipinski definition) is 3. The number of likely N-dealkylation sites (tertiary alicyclic amines) is 1. The Kier molecular flexibility index (Phi) is 12.9. The fourth-order valence-corrected chi connectivity index (χ4v) is 3.30. The monoisotopic (exact) mass is 416 g/mol. The molecule has 1 aliphatic heterocycles. The first-order chi connectivity index (χ1) is 12.6. The van der Waals surface area contributed by atoms with E-state index in [1.165, 1.54) is 6.42 Å². The van der Waals surface area contributed by atoms with Crippen molar-refractivity contribution in [3.63, 3.8) is 0 Å². The third kappa shape index (κ3) is 13.3. The number of carbonyl (C=O) groups excluding carboxylic acids is 1. The van der Waals surface area contributed by atoms with Crippen molar-refractivity contribution in [3.05, 3.63) is 0 Å². The van der Waals surface area contributed by atoms with Crippen molar-refractivity contribution >= 4 is 29.6 Å². The summed E-state index contributed by atoms with van der Waals surface area (Å²) < 4.78 is 31.7. The van der Waals surface area contributed by atoms with Gasteiger partial charge in [0.2, 0.25) is 5.91 Å². The summed E-state index contributed by atoms with van der Waals surface area (Å²) in [5, 5.41) is 15.6. The summed E-state index contributed by atoms with van der Waals surface area (Å²) >= 11 is 1.75. The number of nitrogens with two attached hydrogens (primary N) is 1. The molecule has 1 atom stereocenters. The Hall–Kier alpha value is -1.49. The van der Waals surface area contributed by atoms with Gasteiger partial charge in [0.25, 0.3) is 0 Å². The number of amides is 1. The Morgan fingerprint density at radius 2 is 1.59 bits per heavy atom. The fraction of sp³-hybridized carbons (Fsp3) is 0.812. The molecule has 11 heteroatoms. The zero-order chi connectivity index (χ0) is 20.9. The van der Waals surface area contributed by atoms with Gasteiger partial charge in [-0.05, 0) is 50.0 Å². The number of carbonyl (C=O) groups is 3. The Balaban J connectivity index is 0.000000821. The zero-order valence-electron chi connectivity index (χ0n) is 15.0. The van der Waals surface area contributed by atoms with E-state index in [-0.39, 0.29) is 18.4 Å². The Bertz CT molecular complexity index is 471. The molecule has 0 aromatic carbocycles. The molecule has 7 nitrogen and oxygen atoms in total. The second-order valence-corrected chi connectivity index (χ2v) is 7.27. The highest BCUT2D eigenvalue weighted by molar-refractivity contribution is 7.99. The Labute approximate surface area is 160 Å². The molecule has 0 aromatic rings. The molecule has 0 bridgehead atoms. The van der Waals surface area contributed by atoms with Gasteiger partial charge in [-0.1, -0.05) is 0 Å². The van der Waals surface area contributed by atoms with Crippen molar-refractivity contribution in [1.82, 2.24) is 4.90 Å². The van der Waals surface area contributed by atoms with Gasteiger partial charge in [-0.3, -0.25) is 9.59 Å². The molecular formula is C16H27F3N2O5S. The summed E-state index contributed by atoms with van der Waals surface area (Å²) in [6.07, 6.45) is 0.901. The van der Waals surface area contributed by atoms with E-state index >= 15 is 0 Å². The molecule has 0 spiro atoms. The maximum atomic E-state index is 12.1. The number of thioether (sulfide) groups is 1. The molecule has 1 heterocycles. The lowest BCUT2D eigenvalue weighted by atomic mass is 10.1. The number of carboxylic acids is 2. The van der Waals surface area contributed by atoms with Crippen LogP contribution in [0.2, 0.25) is 0 Å². The van der Waals surface area contributed by atoms with Crippen LogP contribution in [-0.2, 0) is 14.4 Å². The molecule has 1 unspecified atom stereocenters. The third-order valence-electron chi connectivity index (χ3n) is 3.73. The van der Waals surface area contributed by atoms with Gasteiger partial charge in [0.1, 0.15) is 0 Å². The van der Waals surface area contributed by atoms with Crippen LogP contribution in [0.3, 0.4) is 0 Å². The first kappa shape index (κ1) is 25.5. The van der Waals surface area contributed by atoms with E-state index in [9.17, 15) is 22.8 Å². The summed E-state index contributed by atoms with van der Waals surface area (Å²) in [4.78, 5) is 33.2. The van der Waals surface area contributed by atoms with Crippen LogP contribution in [0.25, 0.3) is 0 Å². The van der Waals surface area contributed by atoms with E-state index in [1.54, 1.807) is 11.8 Å². The quantitative estimate of drug-likeness (QED) is 0.493. The molecule has 0 aliphatic carbocycles. The van der Waals surface area contributed by atoms with Crippen LogP contribution in [0.15, 0.2) is 0 Å². The van der Waals surface area contributed by atoms with Crippen molar-refractivity contribution < 1.29 is 37.8 Å². The average molecular weight is 416 g/mol. The highest BCUT2D eigenvalue weighted by Crippen LogP contribution is 2.14. The molecule has 158 valence electrons. The summed E-state index contributed by atoms with van der Waals surface area (Å²) in [7, 11) is 0. The molecule has 0 aromatic heterocycles. The van der Waals surface area contributed by atoms with Gasteiger partial charge in [0.05, 0.1) is 6.04 Å². The standard InChI is InChI=1S/C14H26N2O3S.C2HF3O2/c15-12(14(19)16-8-3-1-4-9-16)7-11-20-10-5-2-6-13(17)18;3-2(4,5)1(6)7/h12H,1-11,15H2,(H,17,18);(H,6,7). The van der Waals surface area contributed by atoms with Crippen LogP contribution in [0.4, 0.5) is 13.2 Å². The van der Waals surface area contributed by atoms with Crippen molar-refractivity contribution in [2.45, 2.75) is 57.2 Å². The number of nitrogens with zero attached hydrogens (tertiary/aromatic N) is 1. The topological polar surface area (TPSA) is 121 Å². The van der Waals surface area contributed by atoms with Crippen molar-refractivity contribution in [1.29, 1.82) is 0 Å². The fourth-order valence-electron chi connectivity index (χ4n) is 2.26. The Morgan fingerprint density at radius 1 is 1.04 bits per heavy atom. The van der Waals surface area contributed by atoms with Gasteiger partial charge in [-0.25, -0.2) is 4.79 Å². The average Bonchev–Trinajstić information content (AvgIpc) is 2.60. The second kappa shape index (κ2) is 13.6. The summed E-state index contributed by atoms with van der Waals surface area (Å²) in [6.45, 7) is 1.71. The first-order valence-corrected chi connectivity index (χ1v) is 9.85. The molecular weight excluding hydrogens is 389 g/mol. The largest absolute Gasteiger partial charge is 0.490 e. The van der Waals surface area contributed by atoms with Gasteiger partial charge in [-0.2, -0.15) is 24.9 Å². The normalized spacial score (nSPS) is 15.5. The minimum absolute atomic E-state index is 0.0937. The van der Waals surface area contributed by atoms with Crippen LogP contribution < -0.4 is 5.73 Å². The number of piperidine rings is 1. The zero-order valence-corrected chi connectivity index (χ0v) is 15.9. The smallest absolute Gasteiger partial charge is 0.481 e. The SMILES string of the molecule is NC(CCSCCCCC(=O)O)C(=O)N1CCCCC1.O=C(O)C(F)(F)F. The molecule has 1 saturated heterocycles. The van der Waals surface area contributed by atoms with Crippen LogP contribution in [0.1, 0.15) is 44.9 Å². The molecule has 4 N–H and O–H groups in total. The lowest BCUT2D eigenvalue weighted by molar-refractivity contribution is -0.192. The number of unbranched alkanes of at least 4 members (excludes halogenated alkanes) is 1. The molecule has 27 heavy (non-hydrogen) atoms. The maximum absolute atomic E-state index is 12.1. The highest BCUT2D eigenvalue weighted by Gasteiger charge is 2.38. The molecule has 1 fully saturated rings.